The Balaban J connectivity index is 1.94. The second-order valence-electron chi connectivity index (χ2n) is 4.76. The van der Waals surface area contributed by atoms with E-state index >= 15 is 0 Å². The minimum atomic E-state index is -0.343. The molecule has 0 aliphatic rings. The first-order valence-electron chi connectivity index (χ1n) is 6.87. The smallest absolute Gasteiger partial charge is 0.262 e. The Morgan fingerprint density at radius 2 is 2.00 bits per heavy atom. The van der Waals surface area contributed by atoms with E-state index in [0.29, 0.717) is 17.0 Å². The van der Waals surface area contributed by atoms with E-state index in [1.807, 2.05) is 31.2 Å². The maximum atomic E-state index is 13.4. The maximum Gasteiger partial charge on any atom is 0.262 e. The topological polar surface area (TPSA) is 38.3 Å². The van der Waals surface area contributed by atoms with E-state index in [9.17, 15) is 9.18 Å². The predicted molar refractivity (Wildman–Crippen MR) is 81.1 cm³/mol. The van der Waals surface area contributed by atoms with Crippen LogP contribution in [0.1, 0.15) is 18.1 Å². The molecule has 0 aliphatic heterocycles. The lowest BCUT2D eigenvalue weighted by molar-refractivity contribution is -0.118. The molecule has 21 heavy (non-hydrogen) atoms. The zero-order valence-electron chi connectivity index (χ0n) is 12.2. The summed E-state index contributed by atoms with van der Waals surface area (Å²) in [5, 5.41) is 2.61. The number of halogens is 1. The van der Waals surface area contributed by atoms with E-state index in [-0.39, 0.29) is 18.3 Å². The number of anilines is 1. The summed E-state index contributed by atoms with van der Waals surface area (Å²) in [6.07, 6.45) is 0.834. The first-order valence-corrected chi connectivity index (χ1v) is 6.87. The zero-order chi connectivity index (χ0) is 15.2. The summed E-state index contributed by atoms with van der Waals surface area (Å²) >= 11 is 0. The van der Waals surface area contributed by atoms with Crippen LogP contribution in [0.25, 0.3) is 0 Å². The van der Waals surface area contributed by atoms with Crippen molar-refractivity contribution in [3.8, 4) is 5.75 Å². The fraction of sp³-hybridized carbons (Fsp3) is 0.235. The summed E-state index contributed by atoms with van der Waals surface area (Å²) in [7, 11) is 0. The monoisotopic (exact) mass is 287 g/mol. The van der Waals surface area contributed by atoms with E-state index in [1.165, 1.54) is 6.07 Å². The molecule has 0 fully saturated rings. The average Bonchev–Trinajstić information content (AvgIpc) is 2.49. The third-order valence-corrected chi connectivity index (χ3v) is 3.17. The van der Waals surface area contributed by atoms with Gasteiger partial charge in [0.1, 0.15) is 11.6 Å². The Morgan fingerprint density at radius 3 is 2.71 bits per heavy atom. The number of aryl methyl sites for hydroxylation is 2. The number of rotatable bonds is 5. The highest BCUT2D eigenvalue weighted by Gasteiger charge is 2.07. The lowest BCUT2D eigenvalue weighted by atomic mass is 10.1. The number of hydrogen-bond acceptors (Lipinski definition) is 2. The molecule has 0 bridgehead atoms. The van der Waals surface area contributed by atoms with Gasteiger partial charge in [0.05, 0.1) is 0 Å². The summed E-state index contributed by atoms with van der Waals surface area (Å²) in [5.74, 6) is 0.0412. The van der Waals surface area contributed by atoms with Gasteiger partial charge in [-0.3, -0.25) is 4.79 Å². The van der Waals surface area contributed by atoms with Gasteiger partial charge in [0, 0.05) is 5.69 Å². The first kappa shape index (κ1) is 15.0. The highest BCUT2D eigenvalue weighted by atomic mass is 19.1. The highest BCUT2D eigenvalue weighted by Crippen LogP contribution is 2.18. The lowest BCUT2D eigenvalue weighted by Crippen LogP contribution is -2.20. The Hall–Kier alpha value is -2.36. The molecule has 0 heterocycles. The SMILES string of the molecule is CCc1ccccc1OCC(=O)Nc1ccc(C)c(F)c1. The summed E-state index contributed by atoms with van der Waals surface area (Å²) in [4.78, 5) is 11.8. The minimum absolute atomic E-state index is 0.105. The van der Waals surface area contributed by atoms with E-state index in [1.54, 1.807) is 19.1 Å². The number of benzene rings is 2. The third-order valence-electron chi connectivity index (χ3n) is 3.17. The van der Waals surface area contributed by atoms with Gasteiger partial charge in [-0.2, -0.15) is 0 Å². The van der Waals surface area contributed by atoms with Gasteiger partial charge in [-0.25, -0.2) is 4.39 Å². The molecular weight excluding hydrogens is 269 g/mol. The van der Waals surface area contributed by atoms with Gasteiger partial charge in [0.2, 0.25) is 0 Å². The first-order chi connectivity index (χ1) is 10.1. The lowest BCUT2D eigenvalue weighted by Gasteiger charge is -2.10. The molecule has 0 aromatic heterocycles. The number of hydrogen-bond donors (Lipinski definition) is 1. The zero-order valence-corrected chi connectivity index (χ0v) is 12.2. The molecule has 0 spiro atoms. The molecule has 110 valence electrons. The summed E-state index contributed by atoms with van der Waals surface area (Å²) in [6.45, 7) is 3.59. The quantitative estimate of drug-likeness (QED) is 0.910. The Bertz CT molecular complexity index is 640. The molecule has 3 nitrogen and oxygen atoms in total. The van der Waals surface area contributed by atoms with Gasteiger partial charge in [0.25, 0.3) is 5.91 Å². The van der Waals surface area contributed by atoms with Gasteiger partial charge < -0.3 is 10.1 Å². The molecular formula is C17H18FNO2. The average molecular weight is 287 g/mol. The summed E-state index contributed by atoms with van der Waals surface area (Å²) in [6, 6.07) is 12.2. The van der Waals surface area contributed by atoms with Crippen molar-refractivity contribution in [3.63, 3.8) is 0 Å². The van der Waals surface area contributed by atoms with Crippen molar-refractivity contribution in [3.05, 3.63) is 59.4 Å². The minimum Gasteiger partial charge on any atom is -0.483 e. The van der Waals surface area contributed by atoms with Crippen LogP contribution in [0.4, 0.5) is 10.1 Å². The molecule has 0 radical (unpaired) electrons. The second-order valence-corrected chi connectivity index (χ2v) is 4.76. The number of nitrogens with one attached hydrogen (secondary N) is 1. The Morgan fingerprint density at radius 1 is 1.24 bits per heavy atom. The van der Waals surface area contributed by atoms with Crippen molar-refractivity contribution in [1.82, 2.24) is 0 Å². The molecule has 0 saturated heterocycles. The van der Waals surface area contributed by atoms with Crippen LogP contribution < -0.4 is 10.1 Å². The van der Waals surface area contributed by atoms with Crippen LogP contribution >= 0.6 is 0 Å². The maximum absolute atomic E-state index is 13.4. The van der Waals surface area contributed by atoms with E-state index in [2.05, 4.69) is 5.32 Å². The van der Waals surface area contributed by atoms with Gasteiger partial charge in [-0.15, -0.1) is 0 Å². The van der Waals surface area contributed by atoms with Crippen LogP contribution in [0.15, 0.2) is 42.5 Å². The predicted octanol–water partition coefficient (Wildman–Crippen LogP) is 3.71. The number of para-hydroxylation sites is 1. The molecule has 1 N–H and O–H groups in total. The summed E-state index contributed by atoms with van der Waals surface area (Å²) < 4.78 is 18.9. The van der Waals surface area contributed by atoms with Crippen molar-refractivity contribution in [2.24, 2.45) is 0 Å². The van der Waals surface area contributed by atoms with E-state index in [0.717, 1.165) is 12.0 Å². The second kappa shape index (κ2) is 6.88. The van der Waals surface area contributed by atoms with Crippen LogP contribution in [0.5, 0.6) is 5.75 Å². The van der Waals surface area contributed by atoms with Crippen molar-refractivity contribution in [2.75, 3.05) is 11.9 Å². The molecule has 0 aliphatic carbocycles. The van der Waals surface area contributed by atoms with Crippen LogP contribution in [0.2, 0.25) is 0 Å². The molecule has 2 aromatic carbocycles. The molecule has 0 atom stereocenters. The van der Waals surface area contributed by atoms with Crippen molar-refractivity contribution in [1.29, 1.82) is 0 Å². The van der Waals surface area contributed by atoms with E-state index in [4.69, 9.17) is 4.74 Å². The van der Waals surface area contributed by atoms with Gasteiger partial charge in [0.15, 0.2) is 6.61 Å². The number of ether oxygens (including phenoxy) is 1. The molecule has 2 aromatic rings. The number of carbonyl (C=O) groups excluding carboxylic acids is 1. The van der Waals surface area contributed by atoms with Gasteiger partial charge in [-0.05, 0) is 42.7 Å². The molecule has 4 heteroatoms. The fourth-order valence-corrected chi connectivity index (χ4v) is 1.95. The van der Waals surface area contributed by atoms with Crippen LogP contribution in [0, 0.1) is 12.7 Å². The highest BCUT2D eigenvalue weighted by molar-refractivity contribution is 5.91. The largest absolute Gasteiger partial charge is 0.483 e. The van der Waals surface area contributed by atoms with Gasteiger partial charge in [-0.1, -0.05) is 31.2 Å². The summed E-state index contributed by atoms with van der Waals surface area (Å²) in [5.41, 5.74) is 2.02. The van der Waals surface area contributed by atoms with Crippen molar-refractivity contribution in [2.45, 2.75) is 20.3 Å². The normalized spacial score (nSPS) is 10.2. The Kier molecular flexibility index (Phi) is 4.93. The molecule has 0 saturated carbocycles. The van der Waals surface area contributed by atoms with Crippen LogP contribution in [-0.4, -0.2) is 12.5 Å². The van der Waals surface area contributed by atoms with Crippen LogP contribution in [0.3, 0.4) is 0 Å². The van der Waals surface area contributed by atoms with Crippen LogP contribution in [-0.2, 0) is 11.2 Å². The molecule has 1 amide bonds. The molecule has 0 unspecified atom stereocenters. The fourth-order valence-electron chi connectivity index (χ4n) is 1.95. The Labute approximate surface area is 123 Å². The van der Waals surface area contributed by atoms with Gasteiger partial charge >= 0.3 is 0 Å². The van der Waals surface area contributed by atoms with Crippen molar-refractivity contribution >= 4 is 11.6 Å². The van der Waals surface area contributed by atoms with Crippen molar-refractivity contribution < 1.29 is 13.9 Å². The molecule has 2 rings (SSSR count). The van der Waals surface area contributed by atoms with E-state index < -0.39 is 0 Å². The third kappa shape index (κ3) is 4.05. The number of amides is 1. The number of carbonyl (C=O) groups is 1. The standard InChI is InChI=1S/C17H18FNO2/c1-3-13-6-4-5-7-16(13)21-11-17(20)19-14-9-8-12(2)15(18)10-14/h4-10H,3,11H2,1-2H3,(H,19,20).